The number of rotatable bonds is 1. The Bertz CT molecular complexity index is 179. The molecular formula is C7H11NO. The molecule has 0 unspecified atom stereocenters. The van der Waals surface area contributed by atoms with Gasteiger partial charge in [0, 0.05) is 12.1 Å². The van der Waals surface area contributed by atoms with Crippen LogP contribution in [-0.2, 0) is 4.74 Å². The van der Waals surface area contributed by atoms with E-state index in [2.05, 4.69) is 4.99 Å². The lowest BCUT2D eigenvalue weighted by Crippen LogP contribution is -1.82. The van der Waals surface area contributed by atoms with E-state index in [0.717, 1.165) is 18.0 Å². The van der Waals surface area contributed by atoms with Crippen molar-refractivity contribution in [3.05, 3.63) is 11.5 Å². The van der Waals surface area contributed by atoms with Crippen LogP contribution in [0.3, 0.4) is 0 Å². The lowest BCUT2D eigenvalue weighted by Gasteiger charge is -1.95. The fourth-order valence-corrected chi connectivity index (χ4v) is 0.988. The van der Waals surface area contributed by atoms with Gasteiger partial charge in [-0.1, -0.05) is 0 Å². The van der Waals surface area contributed by atoms with Gasteiger partial charge in [-0.2, -0.15) is 0 Å². The topological polar surface area (TPSA) is 21.6 Å². The van der Waals surface area contributed by atoms with Crippen LogP contribution in [0.1, 0.15) is 20.3 Å². The van der Waals surface area contributed by atoms with E-state index < -0.39 is 0 Å². The average Bonchev–Trinajstić information content (AvgIpc) is 2.10. The van der Waals surface area contributed by atoms with Crippen molar-refractivity contribution in [2.24, 2.45) is 4.99 Å². The number of nitrogens with zero attached hydrogens (tertiary/aromatic N) is 1. The van der Waals surface area contributed by atoms with Crippen LogP contribution >= 0.6 is 0 Å². The van der Waals surface area contributed by atoms with Crippen LogP contribution in [0, 0.1) is 0 Å². The molecule has 2 heteroatoms. The first-order chi connectivity index (χ1) is 4.24. The minimum absolute atomic E-state index is 0.799. The molecule has 9 heavy (non-hydrogen) atoms. The van der Waals surface area contributed by atoms with Crippen LogP contribution in [0.2, 0.25) is 0 Å². The number of hydrogen-bond acceptors (Lipinski definition) is 2. The Hall–Kier alpha value is -0.790. The SMILES string of the molecule is COC1=C(C)CC(C)=N1. The van der Waals surface area contributed by atoms with E-state index in [0.29, 0.717) is 0 Å². The highest BCUT2D eigenvalue weighted by atomic mass is 16.5. The maximum Gasteiger partial charge on any atom is 0.212 e. The molecule has 2 nitrogen and oxygen atoms in total. The average molecular weight is 125 g/mol. The molecule has 1 aliphatic rings. The number of allylic oxidation sites excluding steroid dienone is 1. The van der Waals surface area contributed by atoms with Gasteiger partial charge < -0.3 is 4.74 Å². The van der Waals surface area contributed by atoms with E-state index in [1.54, 1.807) is 7.11 Å². The van der Waals surface area contributed by atoms with Gasteiger partial charge in [-0.3, -0.25) is 0 Å². The highest BCUT2D eigenvalue weighted by molar-refractivity contribution is 5.87. The summed E-state index contributed by atoms with van der Waals surface area (Å²) in [5.74, 6) is 0.799. The second kappa shape index (κ2) is 2.21. The number of methoxy groups -OCH3 is 1. The second-order valence-corrected chi connectivity index (χ2v) is 2.31. The molecule has 0 N–H and O–H groups in total. The summed E-state index contributed by atoms with van der Waals surface area (Å²) in [5.41, 5.74) is 2.37. The molecule has 1 aliphatic heterocycles. The molecule has 0 saturated heterocycles. The summed E-state index contributed by atoms with van der Waals surface area (Å²) in [5, 5.41) is 0. The van der Waals surface area contributed by atoms with E-state index in [1.807, 2.05) is 13.8 Å². The Labute approximate surface area is 55.2 Å². The standard InChI is InChI=1S/C7H11NO/c1-5-4-6(2)8-7(5)9-3/h4H2,1-3H3. The Balaban J connectivity index is 2.75. The minimum atomic E-state index is 0.799. The van der Waals surface area contributed by atoms with Crippen molar-refractivity contribution in [3.8, 4) is 0 Å². The summed E-state index contributed by atoms with van der Waals surface area (Å²) >= 11 is 0. The van der Waals surface area contributed by atoms with Crippen LogP contribution in [0.25, 0.3) is 0 Å². The van der Waals surface area contributed by atoms with Crippen LogP contribution in [-0.4, -0.2) is 12.8 Å². The predicted molar refractivity (Wildman–Crippen MR) is 37.4 cm³/mol. The van der Waals surface area contributed by atoms with Gasteiger partial charge in [0.05, 0.1) is 7.11 Å². The fraction of sp³-hybridized carbons (Fsp3) is 0.571. The second-order valence-electron chi connectivity index (χ2n) is 2.31. The van der Waals surface area contributed by atoms with Crippen molar-refractivity contribution in [1.29, 1.82) is 0 Å². The molecule has 0 aromatic heterocycles. The maximum absolute atomic E-state index is 4.99. The molecule has 0 radical (unpaired) electrons. The molecule has 0 aromatic rings. The van der Waals surface area contributed by atoms with Gasteiger partial charge in [0.25, 0.3) is 0 Å². The van der Waals surface area contributed by atoms with E-state index >= 15 is 0 Å². The van der Waals surface area contributed by atoms with Gasteiger partial charge in [-0.25, -0.2) is 4.99 Å². The Morgan fingerprint density at radius 2 is 2.11 bits per heavy atom. The number of aliphatic imine (C=N–C) groups is 1. The third kappa shape index (κ3) is 1.12. The van der Waals surface area contributed by atoms with Crippen molar-refractivity contribution in [3.63, 3.8) is 0 Å². The summed E-state index contributed by atoms with van der Waals surface area (Å²) < 4.78 is 4.99. The predicted octanol–water partition coefficient (Wildman–Crippen LogP) is 1.73. The van der Waals surface area contributed by atoms with Crippen LogP contribution in [0.5, 0.6) is 0 Å². The molecule has 0 aliphatic carbocycles. The van der Waals surface area contributed by atoms with E-state index in [4.69, 9.17) is 4.74 Å². The Kier molecular flexibility index (Phi) is 1.56. The molecule has 0 saturated carbocycles. The summed E-state index contributed by atoms with van der Waals surface area (Å²) in [7, 11) is 1.65. The molecule has 0 atom stereocenters. The fourth-order valence-electron chi connectivity index (χ4n) is 0.988. The lowest BCUT2D eigenvalue weighted by atomic mass is 10.2. The molecule has 0 bridgehead atoms. The van der Waals surface area contributed by atoms with Crippen molar-refractivity contribution in [1.82, 2.24) is 0 Å². The van der Waals surface area contributed by atoms with Crippen molar-refractivity contribution in [2.75, 3.05) is 7.11 Å². The van der Waals surface area contributed by atoms with Gasteiger partial charge in [0.2, 0.25) is 5.88 Å². The number of ether oxygens (including phenoxy) is 1. The molecule has 50 valence electrons. The highest BCUT2D eigenvalue weighted by Crippen LogP contribution is 2.18. The third-order valence-corrected chi connectivity index (χ3v) is 1.37. The maximum atomic E-state index is 4.99. The van der Waals surface area contributed by atoms with Gasteiger partial charge >= 0.3 is 0 Å². The zero-order valence-electron chi connectivity index (χ0n) is 6.06. The summed E-state index contributed by atoms with van der Waals surface area (Å²) in [6, 6.07) is 0. The van der Waals surface area contributed by atoms with Crippen molar-refractivity contribution >= 4 is 5.71 Å². The first kappa shape index (κ1) is 6.33. The van der Waals surface area contributed by atoms with Gasteiger partial charge in [0.1, 0.15) is 0 Å². The first-order valence-corrected chi connectivity index (χ1v) is 3.02. The quantitative estimate of drug-likeness (QED) is 0.523. The molecule has 0 fully saturated rings. The summed E-state index contributed by atoms with van der Waals surface area (Å²) in [4.78, 5) is 4.16. The molecular weight excluding hydrogens is 114 g/mol. The monoisotopic (exact) mass is 125 g/mol. The molecule has 0 aromatic carbocycles. The van der Waals surface area contributed by atoms with Crippen LogP contribution in [0.4, 0.5) is 0 Å². The van der Waals surface area contributed by atoms with Gasteiger partial charge in [-0.05, 0) is 19.4 Å². The molecule has 1 heterocycles. The largest absolute Gasteiger partial charge is 0.481 e. The minimum Gasteiger partial charge on any atom is -0.481 e. The number of hydrogen-bond donors (Lipinski definition) is 0. The highest BCUT2D eigenvalue weighted by Gasteiger charge is 2.09. The van der Waals surface area contributed by atoms with Crippen molar-refractivity contribution < 1.29 is 4.74 Å². The van der Waals surface area contributed by atoms with Crippen LogP contribution in [0.15, 0.2) is 16.4 Å². The van der Waals surface area contributed by atoms with Gasteiger partial charge in [0.15, 0.2) is 0 Å². The lowest BCUT2D eigenvalue weighted by molar-refractivity contribution is 0.286. The third-order valence-electron chi connectivity index (χ3n) is 1.37. The van der Waals surface area contributed by atoms with Crippen molar-refractivity contribution in [2.45, 2.75) is 20.3 Å². The zero-order chi connectivity index (χ0) is 6.85. The molecule has 1 rings (SSSR count). The summed E-state index contributed by atoms with van der Waals surface area (Å²) in [6.07, 6.45) is 0.975. The smallest absolute Gasteiger partial charge is 0.212 e. The zero-order valence-corrected chi connectivity index (χ0v) is 6.06. The molecule has 0 spiro atoms. The van der Waals surface area contributed by atoms with Gasteiger partial charge in [-0.15, -0.1) is 0 Å². The van der Waals surface area contributed by atoms with E-state index in [1.165, 1.54) is 5.57 Å². The van der Waals surface area contributed by atoms with E-state index in [9.17, 15) is 0 Å². The normalized spacial score (nSPS) is 18.3. The first-order valence-electron chi connectivity index (χ1n) is 3.02. The van der Waals surface area contributed by atoms with E-state index in [-0.39, 0.29) is 0 Å². The molecule has 0 amide bonds. The Morgan fingerprint density at radius 1 is 1.44 bits per heavy atom. The Morgan fingerprint density at radius 3 is 2.33 bits per heavy atom. The van der Waals surface area contributed by atoms with Crippen LogP contribution < -0.4 is 0 Å². The summed E-state index contributed by atoms with van der Waals surface area (Å²) in [6.45, 7) is 4.05.